The molecule has 3 heteroatoms. The Morgan fingerprint density at radius 1 is 1.29 bits per heavy atom. The number of nitrogens with two attached hydrogens (primary N) is 1. The normalized spacial score (nSPS) is 17.9. The summed E-state index contributed by atoms with van der Waals surface area (Å²) < 4.78 is 0. The zero-order valence-corrected chi connectivity index (χ0v) is 10.3. The third kappa shape index (κ3) is 2.99. The maximum atomic E-state index is 12.0. The molecule has 0 aromatic heterocycles. The summed E-state index contributed by atoms with van der Waals surface area (Å²) in [4.78, 5) is 12.0. The number of anilines is 1. The molecule has 0 heterocycles. The molecule has 0 bridgehead atoms. The second kappa shape index (κ2) is 5.21. The first-order chi connectivity index (χ1) is 8.16. The van der Waals surface area contributed by atoms with Gasteiger partial charge in [0.15, 0.2) is 0 Å². The van der Waals surface area contributed by atoms with E-state index < -0.39 is 0 Å². The minimum atomic E-state index is 0.0590. The van der Waals surface area contributed by atoms with Gasteiger partial charge in [-0.25, -0.2) is 0 Å². The molecule has 3 nitrogen and oxygen atoms in total. The third-order valence-corrected chi connectivity index (χ3v) is 3.52. The third-order valence-electron chi connectivity index (χ3n) is 3.52. The molecule has 0 saturated heterocycles. The Bertz CT molecular complexity index is 380. The number of hydrogen-bond acceptors (Lipinski definition) is 2. The molecule has 1 fully saturated rings. The van der Waals surface area contributed by atoms with Crippen molar-refractivity contribution >= 4 is 11.6 Å². The van der Waals surface area contributed by atoms with Crippen molar-refractivity contribution < 1.29 is 4.79 Å². The van der Waals surface area contributed by atoms with Crippen LogP contribution in [0, 0.1) is 5.92 Å². The molecule has 1 atom stereocenters. The summed E-state index contributed by atoms with van der Waals surface area (Å²) in [6.45, 7) is 2.01. The second-order valence-corrected chi connectivity index (χ2v) is 4.88. The highest BCUT2D eigenvalue weighted by Crippen LogP contribution is 2.25. The van der Waals surface area contributed by atoms with E-state index in [2.05, 4.69) is 5.32 Å². The molecular formula is C14H20N2O. The van der Waals surface area contributed by atoms with E-state index in [0.29, 0.717) is 0 Å². The molecule has 1 aromatic rings. The minimum absolute atomic E-state index is 0.0590. The monoisotopic (exact) mass is 232 g/mol. The highest BCUT2D eigenvalue weighted by Gasteiger charge is 2.23. The second-order valence-electron chi connectivity index (χ2n) is 4.88. The Hall–Kier alpha value is -1.51. The molecule has 3 N–H and O–H groups in total. The van der Waals surface area contributed by atoms with Gasteiger partial charge in [0.1, 0.15) is 0 Å². The van der Waals surface area contributed by atoms with E-state index in [1.165, 1.54) is 12.8 Å². The summed E-state index contributed by atoms with van der Waals surface area (Å²) in [6.07, 6.45) is 4.46. The molecule has 2 rings (SSSR count). The van der Waals surface area contributed by atoms with Gasteiger partial charge in [-0.2, -0.15) is 0 Å². The highest BCUT2D eigenvalue weighted by molar-refractivity contribution is 5.79. The van der Waals surface area contributed by atoms with Gasteiger partial charge in [-0.15, -0.1) is 0 Å². The number of nitrogen functional groups attached to an aromatic ring is 1. The summed E-state index contributed by atoms with van der Waals surface area (Å²) in [5.74, 6) is 0.429. The lowest BCUT2D eigenvalue weighted by Gasteiger charge is -2.17. The van der Waals surface area contributed by atoms with Gasteiger partial charge in [0.2, 0.25) is 5.91 Å². The molecule has 1 aliphatic carbocycles. The maximum absolute atomic E-state index is 12.0. The van der Waals surface area contributed by atoms with Crippen molar-refractivity contribution in [2.45, 2.75) is 38.6 Å². The predicted octanol–water partition coefficient (Wildman–Crippen LogP) is 2.64. The Kier molecular flexibility index (Phi) is 3.67. The quantitative estimate of drug-likeness (QED) is 0.787. The van der Waals surface area contributed by atoms with E-state index in [4.69, 9.17) is 5.73 Å². The van der Waals surface area contributed by atoms with Crippen LogP contribution in [0.2, 0.25) is 0 Å². The van der Waals surface area contributed by atoms with Gasteiger partial charge in [0.25, 0.3) is 0 Å². The molecule has 1 amide bonds. The van der Waals surface area contributed by atoms with E-state index in [1.54, 1.807) is 0 Å². The van der Waals surface area contributed by atoms with Crippen LogP contribution >= 0.6 is 0 Å². The number of rotatable bonds is 3. The Morgan fingerprint density at radius 3 is 2.47 bits per heavy atom. The highest BCUT2D eigenvalue weighted by atomic mass is 16.1. The van der Waals surface area contributed by atoms with Crippen LogP contribution in [-0.4, -0.2) is 5.91 Å². The first-order valence-corrected chi connectivity index (χ1v) is 6.32. The van der Waals surface area contributed by atoms with Crippen LogP contribution in [0.3, 0.4) is 0 Å². The van der Waals surface area contributed by atoms with Gasteiger partial charge in [-0.05, 0) is 37.5 Å². The molecule has 1 aromatic carbocycles. The first-order valence-electron chi connectivity index (χ1n) is 6.32. The van der Waals surface area contributed by atoms with Crippen molar-refractivity contribution in [1.29, 1.82) is 0 Å². The van der Waals surface area contributed by atoms with Gasteiger partial charge in [-0.3, -0.25) is 4.79 Å². The summed E-state index contributed by atoms with van der Waals surface area (Å²) in [7, 11) is 0. The number of hydrogen-bond donors (Lipinski definition) is 2. The van der Waals surface area contributed by atoms with Crippen LogP contribution in [-0.2, 0) is 4.79 Å². The Labute approximate surface area is 102 Å². The number of carbonyl (C=O) groups excluding carboxylic acids is 1. The molecule has 0 radical (unpaired) electrons. The van der Waals surface area contributed by atoms with Crippen molar-refractivity contribution in [3.05, 3.63) is 29.8 Å². The molecule has 92 valence electrons. The largest absolute Gasteiger partial charge is 0.399 e. The molecule has 1 saturated carbocycles. The number of nitrogens with one attached hydrogen (secondary N) is 1. The number of carbonyl (C=O) groups is 1. The van der Waals surface area contributed by atoms with E-state index in [9.17, 15) is 4.79 Å². The van der Waals surface area contributed by atoms with Crippen LogP contribution in [0.15, 0.2) is 24.3 Å². The minimum Gasteiger partial charge on any atom is -0.399 e. The average molecular weight is 232 g/mol. The van der Waals surface area contributed by atoms with Crippen LogP contribution in [0.4, 0.5) is 5.69 Å². The standard InChI is InChI=1S/C14H20N2O/c1-10(11-6-8-13(15)9-7-11)16-14(17)12-4-2-3-5-12/h6-10,12H,2-5,15H2,1H3,(H,16,17). The Morgan fingerprint density at radius 2 is 1.88 bits per heavy atom. The van der Waals surface area contributed by atoms with Crippen LogP contribution < -0.4 is 11.1 Å². The van der Waals surface area contributed by atoms with Crippen molar-refractivity contribution in [3.63, 3.8) is 0 Å². The lowest BCUT2D eigenvalue weighted by atomic mass is 10.0. The fourth-order valence-corrected chi connectivity index (χ4v) is 2.39. The predicted molar refractivity (Wildman–Crippen MR) is 69.4 cm³/mol. The summed E-state index contributed by atoms with van der Waals surface area (Å²) in [6, 6.07) is 7.73. The summed E-state index contributed by atoms with van der Waals surface area (Å²) in [5, 5.41) is 3.08. The molecule has 0 spiro atoms. The van der Waals surface area contributed by atoms with E-state index in [0.717, 1.165) is 24.1 Å². The SMILES string of the molecule is CC(NC(=O)C1CCCC1)c1ccc(N)cc1. The number of amides is 1. The zero-order chi connectivity index (χ0) is 12.3. The van der Waals surface area contributed by atoms with Gasteiger partial charge >= 0.3 is 0 Å². The number of benzene rings is 1. The molecule has 17 heavy (non-hydrogen) atoms. The van der Waals surface area contributed by atoms with Gasteiger partial charge in [-0.1, -0.05) is 25.0 Å². The molecule has 1 aliphatic rings. The lowest BCUT2D eigenvalue weighted by molar-refractivity contribution is -0.125. The van der Waals surface area contributed by atoms with Crippen LogP contribution in [0.1, 0.15) is 44.2 Å². The summed E-state index contributed by atoms with van der Waals surface area (Å²) >= 11 is 0. The summed E-state index contributed by atoms with van der Waals surface area (Å²) in [5.41, 5.74) is 7.50. The maximum Gasteiger partial charge on any atom is 0.223 e. The molecule has 0 aliphatic heterocycles. The van der Waals surface area contributed by atoms with E-state index >= 15 is 0 Å². The van der Waals surface area contributed by atoms with Crippen LogP contribution in [0.5, 0.6) is 0 Å². The van der Waals surface area contributed by atoms with Gasteiger partial charge in [0, 0.05) is 11.6 Å². The van der Waals surface area contributed by atoms with E-state index in [-0.39, 0.29) is 17.9 Å². The topological polar surface area (TPSA) is 55.1 Å². The molecular weight excluding hydrogens is 212 g/mol. The van der Waals surface area contributed by atoms with Crippen LogP contribution in [0.25, 0.3) is 0 Å². The fraction of sp³-hybridized carbons (Fsp3) is 0.500. The lowest BCUT2D eigenvalue weighted by Crippen LogP contribution is -2.31. The smallest absolute Gasteiger partial charge is 0.223 e. The first kappa shape index (κ1) is 12.0. The molecule has 1 unspecified atom stereocenters. The van der Waals surface area contributed by atoms with Crippen molar-refractivity contribution in [2.24, 2.45) is 5.92 Å². The van der Waals surface area contributed by atoms with Crippen molar-refractivity contribution in [1.82, 2.24) is 5.32 Å². The zero-order valence-electron chi connectivity index (χ0n) is 10.3. The van der Waals surface area contributed by atoms with E-state index in [1.807, 2.05) is 31.2 Å². The average Bonchev–Trinajstić information content (AvgIpc) is 2.83. The van der Waals surface area contributed by atoms with Crippen molar-refractivity contribution in [2.75, 3.05) is 5.73 Å². The fourth-order valence-electron chi connectivity index (χ4n) is 2.39. The van der Waals surface area contributed by atoms with Gasteiger partial charge < -0.3 is 11.1 Å². The van der Waals surface area contributed by atoms with Crippen molar-refractivity contribution in [3.8, 4) is 0 Å². The Balaban J connectivity index is 1.93. The van der Waals surface area contributed by atoms with Gasteiger partial charge in [0.05, 0.1) is 6.04 Å².